The van der Waals surface area contributed by atoms with Crippen LogP contribution >= 0.6 is 0 Å². The SMILES string of the molecule is CCN1CCN([C@@H](CNC(=O)c2ccc(OCc3cc(C)nc4ccccc34)cc2)C(=O)NO)CC1. The van der Waals surface area contributed by atoms with Crippen molar-refractivity contribution in [2.45, 2.75) is 26.5 Å². The highest BCUT2D eigenvalue weighted by Crippen LogP contribution is 2.21. The van der Waals surface area contributed by atoms with E-state index in [1.807, 2.05) is 42.2 Å². The van der Waals surface area contributed by atoms with E-state index in [1.54, 1.807) is 29.7 Å². The Hall–Kier alpha value is -3.53. The van der Waals surface area contributed by atoms with Gasteiger partial charge < -0.3 is 15.0 Å². The molecule has 9 nitrogen and oxygen atoms in total. The van der Waals surface area contributed by atoms with Gasteiger partial charge >= 0.3 is 0 Å². The minimum absolute atomic E-state index is 0.101. The van der Waals surface area contributed by atoms with Crippen molar-refractivity contribution in [1.29, 1.82) is 0 Å². The van der Waals surface area contributed by atoms with E-state index in [1.165, 1.54) is 0 Å². The van der Waals surface area contributed by atoms with Crippen LogP contribution in [0.15, 0.2) is 54.6 Å². The van der Waals surface area contributed by atoms with E-state index in [-0.39, 0.29) is 12.5 Å². The lowest BCUT2D eigenvalue weighted by Gasteiger charge is -2.37. The molecule has 2 heterocycles. The number of rotatable bonds is 9. The molecule has 2 amide bonds. The summed E-state index contributed by atoms with van der Waals surface area (Å²) in [5.41, 5.74) is 5.11. The van der Waals surface area contributed by atoms with Gasteiger partial charge in [-0.25, -0.2) is 5.48 Å². The summed E-state index contributed by atoms with van der Waals surface area (Å²) < 4.78 is 5.98. The number of benzene rings is 2. The maximum atomic E-state index is 12.7. The Balaban J connectivity index is 1.34. The Morgan fingerprint density at radius 3 is 2.50 bits per heavy atom. The van der Waals surface area contributed by atoms with Gasteiger partial charge in [-0.3, -0.25) is 24.7 Å². The van der Waals surface area contributed by atoms with E-state index < -0.39 is 11.9 Å². The number of likely N-dealkylation sites (N-methyl/N-ethyl adjacent to an activating group) is 1. The third-order valence-corrected chi connectivity index (χ3v) is 6.60. The normalized spacial score (nSPS) is 15.4. The van der Waals surface area contributed by atoms with Crippen LogP contribution in [0.5, 0.6) is 5.75 Å². The Bertz CT molecular complexity index is 1190. The second-order valence-corrected chi connectivity index (χ2v) is 8.93. The largest absolute Gasteiger partial charge is 0.489 e. The van der Waals surface area contributed by atoms with Crippen molar-refractivity contribution in [2.75, 3.05) is 39.3 Å². The zero-order valence-corrected chi connectivity index (χ0v) is 20.7. The molecule has 1 aliphatic heterocycles. The zero-order chi connectivity index (χ0) is 25.5. The number of carbonyl (C=O) groups is 2. The molecule has 1 fully saturated rings. The smallest absolute Gasteiger partial charge is 0.262 e. The van der Waals surface area contributed by atoms with Crippen LogP contribution in [0, 0.1) is 6.92 Å². The predicted octanol–water partition coefficient (Wildman–Crippen LogP) is 2.36. The highest BCUT2D eigenvalue weighted by atomic mass is 16.5. The second kappa shape index (κ2) is 11.9. The number of hydrogen-bond donors (Lipinski definition) is 3. The molecule has 1 saturated heterocycles. The third-order valence-electron chi connectivity index (χ3n) is 6.60. The first kappa shape index (κ1) is 25.6. The number of carbonyl (C=O) groups excluding carboxylic acids is 2. The summed E-state index contributed by atoms with van der Waals surface area (Å²) in [5, 5.41) is 13.1. The molecule has 1 aliphatic rings. The summed E-state index contributed by atoms with van der Waals surface area (Å²) in [7, 11) is 0. The number of para-hydroxylation sites is 1. The fourth-order valence-corrected chi connectivity index (χ4v) is 4.52. The van der Waals surface area contributed by atoms with Crippen LogP contribution in [-0.4, -0.2) is 77.1 Å². The molecule has 1 atom stereocenters. The maximum Gasteiger partial charge on any atom is 0.262 e. The number of nitrogens with one attached hydrogen (secondary N) is 2. The van der Waals surface area contributed by atoms with Crippen molar-refractivity contribution in [1.82, 2.24) is 25.6 Å². The van der Waals surface area contributed by atoms with Crippen molar-refractivity contribution in [2.24, 2.45) is 0 Å². The molecular formula is C27H33N5O4. The summed E-state index contributed by atoms with van der Waals surface area (Å²) in [6, 6.07) is 16.2. The van der Waals surface area contributed by atoms with Crippen LogP contribution in [0.25, 0.3) is 10.9 Å². The number of aromatic nitrogens is 1. The number of hydroxylamine groups is 1. The minimum Gasteiger partial charge on any atom is -0.489 e. The number of ether oxygens (including phenoxy) is 1. The van der Waals surface area contributed by atoms with E-state index in [2.05, 4.69) is 22.1 Å². The molecule has 0 radical (unpaired) electrons. The molecule has 3 aromatic rings. The summed E-state index contributed by atoms with van der Waals surface area (Å²) in [6.07, 6.45) is 0. The van der Waals surface area contributed by atoms with Gasteiger partial charge in [-0.1, -0.05) is 25.1 Å². The zero-order valence-electron chi connectivity index (χ0n) is 20.7. The minimum atomic E-state index is -0.640. The van der Waals surface area contributed by atoms with Gasteiger partial charge in [0.1, 0.15) is 18.4 Å². The summed E-state index contributed by atoms with van der Waals surface area (Å²) >= 11 is 0. The Morgan fingerprint density at radius 2 is 1.81 bits per heavy atom. The molecular weight excluding hydrogens is 458 g/mol. The topological polar surface area (TPSA) is 107 Å². The van der Waals surface area contributed by atoms with E-state index in [4.69, 9.17) is 4.74 Å². The number of fused-ring (bicyclic) bond motifs is 1. The van der Waals surface area contributed by atoms with Crippen LogP contribution in [0.2, 0.25) is 0 Å². The molecule has 36 heavy (non-hydrogen) atoms. The predicted molar refractivity (Wildman–Crippen MR) is 137 cm³/mol. The first-order valence-electron chi connectivity index (χ1n) is 12.2. The number of pyridine rings is 1. The van der Waals surface area contributed by atoms with Crippen LogP contribution < -0.4 is 15.5 Å². The average molecular weight is 492 g/mol. The first-order chi connectivity index (χ1) is 17.5. The molecule has 0 spiro atoms. The second-order valence-electron chi connectivity index (χ2n) is 8.93. The third kappa shape index (κ3) is 6.17. The fourth-order valence-electron chi connectivity index (χ4n) is 4.52. The number of nitrogens with zero attached hydrogens (tertiary/aromatic N) is 3. The van der Waals surface area contributed by atoms with Gasteiger partial charge in [-0.2, -0.15) is 0 Å². The lowest BCUT2D eigenvalue weighted by molar-refractivity contribution is -0.135. The molecule has 0 saturated carbocycles. The van der Waals surface area contributed by atoms with E-state index in [0.717, 1.165) is 41.8 Å². The van der Waals surface area contributed by atoms with Gasteiger partial charge in [0.05, 0.1) is 5.52 Å². The summed E-state index contributed by atoms with van der Waals surface area (Å²) in [6.45, 7) is 8.59. The first-order valence-corrected chi connectivity index (χ1v) is 12.2. The highest BCUT2D eigenvalue weighted by molar-refractivity contribution is 5.94. The van der Waals surface area contributed by atoms with Crippen LogP contribution in [-0.2, 0) is 11.4 Å². The standard InChI is InChI=1S/C27H33N5O4/c1-3-31-12-14-32(15-13-31)25(27(34)30-35)17-28-26(33)20-8-10-22(11-9-20)36-18-21-16-19(2)29-24-7-5-4-6-23(21)24/h4-11,16,25,35H,3,12-15,17-18H2,1-2H3,(H,28,33)(H,30,34)/t25-/m0/s1. The molecule has 0 bridgehead atoms. The van der Waals surface area contributed by atoms with Crippen molar-refractivity contribution in [3.8, 4) is 5.75 Å². The maximum absolute atomic E-state index is 12.7. The quantitative estimate of drug-likeness (QED) is 0.312. The number of amides is 2. The molecule has 1 aromatic heterocycles. The Kier molecular flexibility index (Phi) is 8.48. The Morgan fingerprint density at radius 1 is 1.08 bits per heavy atom. The fraction of sp³-hybridized carbons (Fsp3) is 0.370. The van der Waals surface area contributed by atoms with Gasteiger partial charge in [0, 0.05) is 54.9 Å². The summed E-state index contributed by atoms with van der Waals surface area (Å²) in [4.78, 5) is 33.8. The van der Waals surface area contributed by atoms with Crippen molar-refractivity contribution in [3.63, 3.8) is 0 Å². The molecule has 4 rings (SSSR count). The van der Waals surface area contributed by atoms with Crippen molar-refractivity contribution in [3.05, 3.63) is 71.4 Å². The van der Waals surface area contributed by atoms with Gasteiger partial charge in [-0.05, 0) is 49.9 Å². The van der Waals surface area contributed by atoms with Crippen molar-refractivity contribution >= 4 is 22.7 Å². The number of piperazine rings is 1. The lowest BCUT2D eigenvalue weighted by Crippen LogP contribution is -2.58. The van der Waals surface area contributed by atoms with Crippen LogP contribution in [0.1, 0.15) is 28.5 Å². The van der Waals surface area contributed by atoms with Gasteiger partial charge in [0.15, 0.2) is 0 Å². The van der Waals surface area contributed by atoms with Gasteiger partial charge in [0.2, 0.25) is 0 Å². The molecule has 0 unspecified atom stereocenters. The molecule has 9 heteroatoms. The monoisotopic (exact) mass is 491 g/mol. The van der Waals surface area contributed by atoms with Crippen LogP contribution in [0.3, 0.4) is 0 Å². The number of aryl methyl sites for hydroxylation is 1. The number of hydrogen-bond acceptors (Lipinski definition) is 7. The van der Waals surface area contributed by atoms with E-state index in [9.17, 15) is 14.8 Å². The van der Waals surface area contributed by atoms with Gasteiger partial charge in [-0.15, -0.1) is 0 Å². The highest BCUT2D eigenvalue weighted by Gasteiger charge is 2.29. The average Bonchev–Trinajstić information content (AvgIpc) is 2.92. The molecule has 190 valence electrons. The van der Waals surface area contributed by atoms with Gasteiger partial charge in [0.25, 0.3) is 11.8 Å². The molecule has 2 aromatic carbocycles. The van der Waals surface area contributed by atoms with E-state index in [0.29, 0.717) is 31.0 Å². The lowest BCUT2D eigenvalue weighted by atomic mass is 10.1. The molecule has 0 aliphatic carbocycles. The van der Waals surface area contributed by atoms with E-state index >= 15 is 0 Å². The molecule has 3 N–H and O–H groups in total. The van der Waals surface area contributed by atoms with Crippen molar-refractivity contribution < 1.29 is 19.5 Å². The van der Waals surface area contributed by atoms with Crippen LogP contribution in [0.4, 0.5) is 0 Å². The summed E-state index contributed by atoms with van der Waals surface area (Å²) in [5.74, 6) is -0.167. The Labute approximate surface area is 211 Å².